The highest BCUT2D eigenvalue weighted by Gasteiger charge is 2.42. The number of rotatable bonds is 4. The van der Waals surface area contributed by atoms with Gasteiger partial charge in [-0.2, -0.15) is 0 Å². The van der Waals surface area contributed by atoms with E-state index in [1.807, 2.05) is 0 Å². The summed E-state index contributed by atoms with van der Waals surface area (Å²) in [7, 11) is 2.06. The molecular weight excluding hydrogens is 248 g/mol. The summed E-state index contributed by atoms with van der Waals surface area (Å²) in [6.07, 6.45) is 9.17. The monoisotopic (exact) mass is 280 g/mol. The van der Waals surface area contributed by atoms with Gasteiger partial charge in [-0.25, -0.2) is 0 Å². The van der Waals surface area contributed by atoms with E-state index in [2.05, 4.69) is 31.1 Å². The fraction of sp³-hybridized carbons (Fsp3) is 0.941. The van der Waals surface area contributed by atoms with Crippen molar-refractivity contribution in [2.24, 2.45) is 11.3 Å². The molecular formula is C17H32N2O. The maximum Gasteiger partial charge on any atom is 0.228 e. The number of hydrogen-bond acceptors (Lipinski definition) is 2. The zero-order chi connectivity index (χ0) is 14.6. The maximum atomic E-state index is 13.1. The lowest BCUT2D eigenvalue weighted by Gasteiger charge is -2.42. The Hall–Kier alpha value is -0.570. The third kappa shape index (κ3) is 3.36. The molecule has 0 bridgehead atoms. The van der Waals surface area contributed by atoms with Crippen LogP contribution < -0.4 is 5.32 Å². The third-order valence-corrected chi connectivity index (χ3v) is 5.60. The van der Waals surface area contributed by atoms with Crippen LogP contribution in [-0.2, 0) is 4.79 Å². The first-order chi connectivity index (χ1) is 9.59. The van der Waals surface area contributed by atoms with Crippen molar-refractivity contribution in [1.82, 2.24) is 10.2 Å². The lowest BCUT2D eigenvalue weighted by atomic mass is 9.73. The highest BCUT2D eigenvalue weighted by Crippen LogP contribution is 2.38. The molecule has 3 nitrogen and oxygen atoms in total. The Kier molecular flexibility index (Phi) is 5.48. The van der Waals surface area contributed by atoms with E-state index < -0.39 is 0 Å². The molecule has 0 aromatic rings. The van der Waals surface area contributed by atoms with E-state index in [9.17, 15) is 4.79 Å². The van der Waals surface area contributed by atoms with E-state index >= 15 is 0 Å². The van der Waals surface area contributed by atoms with Crippen LogP contribution in [0.4, 0.5) is 0 Å². The maximum absolute atomic E-state index is 13.1. The molecule has 116 valence electrons. The number of carbonyl (C=O) groups excluding carboxylic acids is 1. The van der Waals surface area contributed by atoms with Gasteiger partial charge >= 0.3 is 0 Å². The second-order valence-electron chi connectivity index (χ2n) is 7.11. The number of amides is 1. The first-order valence-electron chi connectivity index (χ1n) is 8.57. The number of nitrogens with one attached hydrogen (secondary N) is 1. The molecule has 1 heterocycles. The minimum absolute atomic E-state index is 0.0716. The van der Waals surface area contributed by atoms with E-state index in [-0.39, 0.29) is 5.41 Å². The smallest absolute Gasteiger partial charge is 0.228 e. The summed E-state index contributed by atoms with van der Waals surface area (Å²) >= 11 is 0. The topological polar surface area (TPSA) is 32.3 Å². The van der Waals surface area contributed by atoms with Crippen LogP contribution in [0.1, 0.15) is 65.2 Å². The van der Waals surface area contributed by atoms with Crippen LogP contribution >= 0.6 is 0 Å². The van der Waals surface area contributed by atoms with Crippen molar-refractivity contribution in [2.75, 3.05) is 20.1 Å². The van der Waals surface area contributed by atoms with Crippen molar-refractivity contribution in [2.45, 2.75) is 71.3 Å². The van der Waals surface area contributed by atoms with Gasteiger partial charge in [0.2, 0.25) is 5.91 Å². The minimum Gasteiger partial charge on any atom is -0.342 e. The van der Waals surface area contributed by atoms with Crippen molar-refractivity contribution < 1.29 is 4.79 Å². The summed E-state index contributed by atoms with van der Waals surface area (Å²) in [5.74, 6) is 1.28. The molecule has 1 amide bonds. The molecule has 1 aliphatic heterocycles. The lowest BCUT2D eigenvalue weighted by molar-refractivity contribution is -0.146. The van der Waals surface area contributed by atoms with Crippen LogP contribution in [0, 0.1) is 11.3 Å². The van der Waals surface area contributed by atoms with Gasteiger partial charge in [0, 0.05) is 13.1 Å². The molecule has 1 saturated heterocycles. The van der Waals surface area contributed by atoms with Gasteiger partial charge in [-0.15, -0.1) is 0 Å². The average molecular weight is 280 g/mol. The van der Waals surface area contributed by atoms with Crippen molar-refractivity contribution in [3.8, 4) is 0 Å². The van der Waals surface area contributed by atoms with Crippen molar-refractivity contribution >= 4 is 5.91 Å². The van der Waals surface area contributed by atoms with E-state index in [0.717, 1.165) is 44.7 Å². The van der Waals surface area contributed by atoms with Gasteiger partial charge in [-0.05, 0) is 64.0 Å². The summed E-state index contributed by atoms with van der Waals surface area (Å²) in [4.78, 5) is 15.2. The van der Waals surface area contributed by atoms with Gasteiger partial charge < -0.3 is 10.2 Å². The predicted molar refractivity (Wildman–Crippen MR) is 83.6 cm³/mol. The summed E-state index contributed by atoms with van der Waals surface area (Å²) in [6, 6.07) is 0.488. The molecule has 3 heteroatoms. The molecule has 2 fully saturated rings. The Morgan fingerprint density at radius 3 is 2.35 bits per heavy atom. The van der Waals surface area contributed by atoms with Crippen LogP contribution in [0.5, 0.6) is 0 Å². The molecule has 0 spiro atoms. The molecule has 20 heavy (non-hydrogen) atoms. The first-order valence-corrected chi connectivity index (χ1v) is 8.57. The number of carbonyl (C=O) groups is 1. The summed E-state index contributed by atoms with van der Waals surface area (Å²) < 4.78 is 0. The molecule has 1 aliphatic carbocycles. The largest absolute Gasteiger partial charge is 0.342 e. The fourth-order valence-electron chi connectivity index (χ4n) is 4.12. The highest BCUT2D eigenvalue weighted by atomic mass is 16.2. The summed E-state index contributed by atoms with van der Waals surface area (Å²) in [6.45, 7) is 6.55. The SMILES string of the molecule is CCCC1(C(=O)N(C)C2CCC(C)CC2)CCNCC1. The quantitative estimate of drug-likeness (QED) is 0.857. The van der Waals surface area contributed by atoms with Crippen LogP contribution in [0.25, 0.3) is 0 Å². The minimum atomic E-state index is -0.0716. The Labute approximate surface area is 124 Å². The molecule has 0 radical (unpaired) electrons. The third-order valence-electron chi connectivity index (χ3n) is 5.60. The van der Waals surface area contributed by atoms with E-state index in [4.69, 9.17) is 0 Å². The molecule has 2 aliphatic rings. The normalized spacial score (nSPS) is 29.9. The molecule has 0 atom stereocenters. The van der Waals surface area contributed by atoms with E-state index in [0.29, 0.717) is 11.9 Å². The van der Waals surface area contributed by atoms with Crippen molar-refractivity contribution in [1.29, 1.82) is 0 Å². The zero-order valence-corrected chi connectivity index (χ0v) is 13.6. The summed E-state index contributed by atoms with van der Waals surface area (Å²) in [5, 5.41) is 3.41. The van der Waals surface area contributed by atoms with Gasteiger partial charge in [-0.3, -0.25) is 4.79 Å². The molecule has 1 saturated carbocycles. The van der Waals surface area contributed by atoms with E-state index in [1.54, 1.807) is 0 Å². The number of piperidine rings is 1. The first kappa shape index (κ1) is 15.8. The Morgan fingerprint density at radius 2 is 1.80 bits per heavy atom. The highest BCUT2D eigenvalue weighted by molar-refractivity contribution is 5.83. The second-order valence-corrected chi connectivity index (χ2v) is 7.11. The Balaban J connectivity index is 2.02. The van der Waals surface area contributed by atoms with Gasteiger partial charge in [0.05, 0.1) is 5.41 Å². The molecule has 0 unspecified atom stereocenters. The zero-order valence-electron chi connectivity index (χ0n) is 13.6. The Bertz CT molecular complexity index is 309. The van der Waals surface area contributed by atoms with Crippen LogP contribution in [0.2, 0.25) is 0 Å². The molecule has 0 aromatic carbocycles. The van der Waals surface area contributed by atoms with Gasteiger partial charge in [-0.1, -0.05) is 20.3 Å². The summed E-state index contributed by atoms with van der Waals surface area (Å²) in [5.41, 5.74) is -0.0716. The molecule has 1 N–H and O–H groups in total. The van der Waals surface area contributed by atoms with E-state index in [1.165, 1.54) is 25.7 Å². The Morgan fingerprint density at radius 1 is 1.20 bits per heavy atom. The fourth-order valence-corrected chi connectivity index (χ4v) is 4.12. The second kappa shape index (κ2) is 6.93. The van der Waals surface area contributed by atoms with Gasteiger partial charge in [0.15, 0.2) is 0 Å². The van der Waals surface area contributed by atoms with Crippen molar-refractivity contribution in [3.63, 3.8) is 0 Å². The van der Waals surface area contributed by atoms with Crippen LogP contribution in [0.15, 0.2) is 0 Å². The van der Waals surface area contributed by atoms with Gasteiger partial charge in [0.25, 0.3) is 0 Å². The number of nitrogens with zero attached hydrogens (tertiary/aromatic N) is 1. The predicted octanol–water partition coefficient (Wildman–Crippen LogP) is 3.19. The van der Waals surface area contributed by atoms with Gasteiger partial charge in [0.1, 0.15) is 0 Å². The molecule has 2 rings (SSSR count). The van der Waals surface area contributed by atoms with Crippen LogP contribution in [0.3, 0.4) is 0 Å². The van der Waals surface area contributed by atoms with Crippen LogP contribution in [-0.4, -0.2) is 37.0 Å². The van der Waals surface area contributed by atoms with Crippen molar-refractivity contribution in [3.05, 3.63) is 0 Å². The lowest BCUT2D eigenvalue weighted by Crippen LogP contribution is -2.51. The molecule has 0 aromatic heterocycles. The average Bonchev–Trinajstić information content (AvgIpc) is 2.48. The number of hydrogen-bond donors (Lipinski definition) is 1. The standard InChI is InChI=1S/C17H32N2O/c1-4-9-17(10-12-18-13-11-17)16(20)19(3)15-7-5-14(2)6-8-15/h14-15,18H,4-13H2,1-3H3.